The van der Waals surface area contributed by atoms with Gasteiger partial charge in [0, 0.05) is 31.3 Å². The van der Waals surface area contributed by atoms with Crippen LogP contribution in [0.4, 0.5) is 0 Å². The molecule has 1 aliphatic rings. The summed E-state index contributed by atoms with van der Waals surface area (Å²) in [5, 5.41) is 21.3. The fraction of sp³-hybridized carbons (Fsp3) is 0.357. The van der Waals surface area contributed by atoms with Crippen LogP contribution >= 0.6 is 34.3 Å². The van der Waals surface area contributed by atoms with E-state index in [4.69, 9.17) is 16.7 Å². The van der Waals surface area contributed by atoms with Gasteiger partial charge in [-0.1, -0.05) is 11.6 Å². The van der Waals surface area contributed by atoms with E-state index in [0.717, 1.165) is 9.88 Å². The maximum atomic E-state index is 12.4. The van der Waals surface area contributed by atoms with Gasteiger partial charge < -0.3 is 15.1 Å². The molecule has 0 saturated carbocycles. The maximum Gasteiger partial charge on any atom is 0.335 e. The molecule has 0 radical (unpaired) electrons. The molecular weight excluding hydrogens is 360 g/mol. The van der Waals surface area contributed by atoms with E-state index in [9.17, 15) is 14.7 Å². The van der Waals surface area contributed by atoms with E-state index in [1.54, 1.807) is 11.4 Å². The highest BCUT2D eigenvalue weighted by atomic mass is 35.5. The van der Waals surface area contributed by atoms with Crippen molar-refractivity contribution in [3.8, 4) is 9.88 Å². The average Bonchev–Trinajstić information content (AvgIpc) is 3.16. The first-order valence-electron chi connectivity index (χ1n) is 6.85. The summed E-state index contributed by atoms with van der Waals surface area (Å²) in [5.74, 6) is -1.49. The van der Waals surface area contributed by atoms with Crippen LogP contribution in [-0.2, 0) is 4.79 Å². The predicted molar refractivity (Wildman–Crippen MR) is 88.2 cm³/mol. The van der Waals surface area contributed by atoms with E-state index in [2.05, 4.69) is 4.98 Å². The Morgan fingerprint density at radius 3 is 2.57 bits per heavy atom. The van der Waals surface area contributed by atoms with E-state index in [1.165, 1.54) is 27.6 Å². The van der Waals surface area contributed by atoms with Gasteiger partial charge in [0.25, 0.3) is 5.91 Å². The predicted octanol–water partition coefficient (Wildman–Crippen LogP) is 2.58. The minimum atomic E-state index is -1.74. The van der Waals surface area contributed by atoms with E-state index >= 15 is 0 Å². The summed E-state index contributed by atoms with van der Waals surface area (Å²) in [6.07, 6.45) is 0.0389. The molecule has 1 fully saturated rings. The second kappa shape index (κ2) is 6.20. The molecule has 1 saturated heterocycles. The number of amides is 1. The van der Waals surface area contributed by atoms with Gasteiger partial charge in [-0.15, -0.1) is 22.7 Å². The van der Waals surface area contributed by atoms with E-state index in [-0.39, 0.29) is 31.8 Å². The van der Waals surface area contributed by atoms with E-state index in [1.807, 2.05) is 6.07 Å². The van der Waals surface area contributed by atoms with Gasteiger partial charge in [0.2, 0.25) is 0 Å². The van der Waals surface area contributed by atoms with Crippen molar-refractivity contribution in [1.82, 2.24) is 9.88 Å². The third-order valence-corrected chi connectivity index (χ3v) is 6.03. The topological polar surface area (TPSA) is 90.7 Å². The van der Waals surface area contributed by atoms with Gasteiger partial charge in [0.15, 0.2) is 5.60 Å². The Hall–Kier alpha value is -1.48. The number of carbonyl (C=O) groups is 2. The molecule has 23 heavy (non-hydrogen) atoms. The fourth-order valence-corrected chi connectivity index (χ4v) is 4.28. The van der Waals surface area contributed by atoms with Crippen LogP contribution in [0.15, 0.2) is 17.5 Å². The number of carboxylic acids is 1. The van der Waals surface area contributed by atoms with Crippen molar-refractivity contribution >= 4 is 46.2 Å². The molecule has 9 heteroatoms. The summed E-state index contributed by atoms with van der Waals surface area (Å²) in [4.78, 5) is 30.2. The van der Waals surface area contributed by atoms with Crippen LogP contribution in [0.25, 0.3) is 9.88 Å². The number of likely N-dealkylation sites (tertiary alicyclic amines) is 1. The van der Waals surface area contributed by atoms with Crippen LogP contribution in [0.1, 0.15) is 23.3 Å². The highest BCUT2D eigenvalue weighted by Gasteiger charge is 2.40. The number of carboxylic acid groups (broad SMARTS) is 1. The molecule has 122 valence electrons. The SMILES string of the molecule is O=C(c1csc(-c2ccc(Cl)s2)n1)N1CCC(O)(C(=O)O)CC1. The molecule has 0 aliphatic carbocycles. The molecule has 1 amide bonds. The van der Waals surface area contributed by atoms with Crippen LogP contribution in [0.3, 0.4) is 0 Å². The van der Waals surface area contributed by atoms with Crippen molar-refractivity contribution in [3.63, 3.8) is 0 Å². The summed E-state index contributed by atoms with van der Waals surface area (Å²) in [6, 6.07) is 3.63. The Morgan fingerprint density at radius 2 is 2.00 bits per heavy atom. The zero-order chi connectivity index (χ0) is 16.6. The van der Waals surface area contributed by atoms with Crippen molar-refractivity contribution in [3.05, 3.63) is 27.5 Å². The van der Waals surface area contributed by atoms with E-state index < -0.39 is 11.6 Å². The molecule has 2 N–H and O–H groups in total. The molecule has 0 bridgehead atoms. The van der Waals surface area contributed by atoms with Crippen LogP contribution in [0.5, 0.6) is 0 Å². The average molecular weight is 373 g/mol. The van der Waals surface area contributed by atoms with E-state index in [0.29, 0.717) is 10.0 Å². The lowest BCUT2D eigenvalue weighted by Crippen LogP contribution is -2.50. The summed E-state index contributed by atoms with van der Waals surface area (Å²) in [7, 11) is 0. The number of nitrogens with zero attached hydrogens (tertiary/aromatic N) is 2. The van der Waals surface area contributed by atoms with Crippen LogP contribution in [0, 0.1) is 0 Å². The molecule has 1 aliphatic heterocycles. The van der Waals surface area contributed by atoms with Crippen LogP contribution in [0.2, 0.25) is 4.34 Å². The smallest absolute Gasteiger partial charge is 0.335 e. The van der Waals surface area contributed by atoms with Crippen molar-refractivity contribution in [2.24, 2.45) is 0 Å². The lowest BCUT2D eigenvalue weighted by molar-refractivity contribution is -0.162. The summed E-state index contributed by atoms with van der Waals surface area (Å²) in [5.41, 5.74) is -1.41. The van der Waals surface area contributed by atoms with Crippen LogP contribution < -0.4 is 0 Å². The lowest BCUT2D eigenvalue weighted by Gasteiger charge is -2.34. The number of aliphatic hydroxyl groups is 1. The molecule has 0 aromatic carbocycles. The number of carbonyl (C=O) groups excluding carboxylic acids is 1. The molecule has 2 aromatic rings. The summed E-state index contributed by atoms with van der Waals surface area (Å²) < 4.78 is 0.659. The van der Waals surface area contributed by atoms with Crippen molar-refractivity contribution in [2.75, 3.05) is 13.1 Å². The quantitative estimate of drug-likeness (QED) is 0.864. The first kappa shape index (κ1) is 16.4. The first-order valence-corrected chi connectivity index (χ1v) is 8.93. The monoisotopic (exact) mass is 372 g/mol. The van der Waals surface area contributed by atoms with Crippen molar-refractivity contribution in [1.29, 1.82) is 0 Å². The Kier molecular flexibility index (Phi) is 4.41. The molecule has 0 unspecified atom stereocenters. The Bertz CT molecular complexity index is 750. The van der Waals surface area contributed by atoms with Gasteiger partial charge >= 0.3 is 5.97 Å². The zero-order valence-corrected chi connectivity index (χ0v) is 14.2. The third kappa shape index (κ3) is 3.25. The highest BCUT2D eigenvalue weighted by molar-refractivity contribution is 7.23. The minimum Gasteiger partial charge on any atom is -0.479 e. The Labute approximate surface area is 145 Å². The summed E-state index contributed by atoms with van der Waals surface area (Å²) >= 11 is 8.66. The maximum absolute atomic E-state index is 12.4. The molecule has 2 aromatic heterocycles. The third-order valence-electron chi connectivity index (χ3n) is 3.78. The number of halogens is 1. The van der Waals surface area contributed by atoms with Crippen molar-refractivity contribution in [2.45, 2.75) is 18.4 Å². The van der Waals surface area contributed by atoms with Gasteiger partial charge in [-0.05, 0) is 12.1 Å². The second-order valence-electron chi connectivity index (χ2n) is 5.27. The lowest BCUT2D eigenvalue weighted by atomic mass is 9.91. The van der Waals surface area contributed by atoms with Gasteiger partial charge in [-0.25, -0.2) is 9.78 Å². The zero-order valence-electron chi connectivity index (χ0n) is 11.9. The molecule has 0 atom stereocenters. The van der Waals surface area contributed by atoms with Gasteiger partial charge in [0.1, 0.15) is 10.7 Å². The highest BCUT2D eigenvalue weighted by Crippen LogP contribution is 2.33. The summed E-state index contributed by atoms with van der Waals surface area (Å²) in [6.45, 7) is 0.388. The number of hydrogen-bond donors (Lipinski definition) is 2. The molecule has 6 nitrogen and oxygen atoms in total. The minimum absolute atomic E-state index is 0.0194. The van der Waals surface area contributed by atoms with Crippen molar-refractivity contribution < 1.29 is 19.8 Å². The standard InChI is InChI=1S/C14H13ClN2O4S2/c15-10-2-1-9(23-10)11-16-8(7-22-11)12(18)17-5-3-14(21,4-6-17)13(19)20/h1-2,7,21H,3-6H2,(H,19,20). The van der Waals surface area contributed by atoms with Gasteiger partial charge in [0.05, 0.1) is 9.21 Å². The van der Waals surface area contributed by atoms with Gasteiger partial charge in [-0.2, -0.15) is 0 Å². The molecule has 3 rings (SSSR count). The number of piperidine rings is 1. The molecule has 0 spiro atoms. The van der Waals surface area contributed by atoms with Gasteiger partial charge in [-0.3, -0.25) is 4.79 Å². The number of hydrogen-bond acceptors (Lipinski definition) is 6. The number of thiophene rings is 1. The Balaban J connectivity index is 1.70. The Morgan fingerprint density at radius 1 is 1.30 bits per heavy atom. The molecule has 3 heterocycles. The fourth-order valence-electron chi connectivity index (χ4n) is 2.37. The van der Waals surface area contributed by atoms with Crippen LogP contribution in [-0.4, -0.2) is 50.7 Å². The molecular formula is C14H13ClN2O4S2. The number of aliphatic carboxylic acids is 1. The number of aromatic nitrogens is 1. The largest absolute Gasteiger partial charge is 0.479 e. The first-order chi connectivity index (χ1) is 10.9. The number of rotatable bonds is 3. The number of thiazole rings is 1. The second-order valence-corrected chi connectivity index (χ2v) is 7.84. The normalized spacial score (nSPS) is 17.2.